The van der Waals surface area contributed by atoms with E-state index in [4.69, 9.17) is 5.11 Å². The largest absolute Gasteiger partial charge is 0.412 e. The zero-order valence-electron chi connectivity index (χ0n) is 10.5. The lowest BCUT2D eigenvalue weighted by molar-refractivity contribution is -0.0953. The summed E-state index contributed by atoms with van der Waals surface area (Å²) >= 11 is 0. The number of hydrogen-bond acceptors (Lipinski definition) is 3. The molecule has 0 aromatic carbocycles. The average Bonchev–Trinajstić information content (AvgIpc) is 2.35. The van der Waals surface area contributed by atoms with Crippen molar-refractivity contribution in [2.45, 2.75) is 19.0 Å². The molecule has 0 aromatic rings. The van der Waals surface area contributed by atoms with Gasteiger partial charge >= 0.3 is 6.18 Å². The Morgan fingerprint density at radius 3 is 2.53 bits per heavy atom. The normalized spacial score (nSPS) is 18.7. The molecular formula is C10H17F3N2O3S. The van der Waals surface area contributed by atoms with Gasteiger partial charge in [-0.3, -0.25) is 0 Å². The van der Waals surface area contributed by atoms with Crippen molar-refractivity contribution in [2.24, 2.45) is 0 Å². The van der Waals surface area contributed by atoms with Crippen LogP contribution in [0.15, 0.2) is 11.6 Å². The maximum Gasteiger partial charge on any atom is 0.412 e. The molecule has 0 spiro atoms. The quantitative estimate of drug-likeness (QED) is 0.762. The Labute approximate surface area is 110 Å². The van der Waals surface area contributed by atoms with Crippen LogP contribution in [0.4, 0.5) is 13.2 Å². The standard InChI is InChI=1S/C10H17F3N2O3S/c1-14(5-2-8-16)19(17,18)15-6-3-9(4-7-15)10(11,12)13/h3,16H,2,4-8H2,1H3. The molecule has 0 atom stereocenters. The highest BCUT2D eigenvalue weighted by Crippen LogP contribution is 2.30. The smallest absolute Gasteiger partial charge is 0.396 e. The molecular weight excluding hydrogens is 285 g/mol. The second kappa shape index (κ2) is 6.21. The molecule has 19 heavy (non-hydrogen) atoms. The Balaban J connectivity index is 2.71. The maximum atomic E-state index is 12.4. The summed E-state index contributed by atoms with van der Waals surface area (Å²) in [7, 11) is -2.42. The summed E-state index contributed by atoms with van der Waals surface area (Å²) in [6, 6.07) is 0. The molecule has 1 aliphatic rings. The van der Waals surface area contributed by atoms with Gasteiger partial charge in [-0.25, -0.2) is 0 Å². The number of aliphatic hydroxyl groups is 1. The highest BCUT2D eigenvalue weighted by atomic mass is 32.2. The first-order valence-corrected chi connectivity index (χ1v) is 7.17. The lowest BCUT2D eigenvalue weighted by Crippen LogP contribution is -2.45. The van der Waals surface area contributed by atoms with Crippen molar-refractivity contribution in [3.63, 3.8) is 0 Å². The zero-order chi connectivity index (χ0) is 14.7. The van der Waals surface area contributed by atoms with Crippen molar-refractivity contribution >= 4 is 10.2 Å². The fraction of sp³-hybridized carbons (Fsp3) is 0.800. The van der Waals surface area contributed by atoms with E-state index in [-0.39, 0.29) is 39.1 Å². The third kappa shape index (κ3) is 4.16. The predicted octanol–water partition coefficient (Wildman–Crippen LogP) is 0.740. The predicted molar refractivity (Wildman–Crippen MR) is 63.6 cm³/mol. The Hall–Kier alpha value is -0.640. The van der Waals surface area contributed by atoms with Crippen molar-refractivity contribution < 1.29 is 26.7 Å². The highest BCUT2D eigenvalue weighted by Gasteiger charge is 2.37. The minimum atomic E-state index is -4.39. The minimum Gasteiger partial charge on any atom is -0.396 e. The molecule has 9 heteroatoms. The summed E-state index contributed by atoms with van der Waals surface area (Å²) in [5.74, 6) is 0. The lowest BCUT2D eigenvalue weighted by atomic mass is 10.1. The second-order valence-electron chi connectivity index (χ2n) is 4.24. The van der Waals surface area contributed by atoms with Gasteiger partial charge < -0.3 is 5.11 Å². The zero-order valence-corrected chi connectivity index (χ0v) is 11.3. The van der Waals surface area contributed by atoms with E-state index in [9.17, 15) is 21.6 Å². The minimum absolute atomic E-state index is 0.130. The van der Waals surface area contributed by atoms with Crippen LogP contribution < -0.4 is 0 Å². The molecule has 0 fully saturated rings. The van der Waals surface area contributed by atoms with E-state index in [1.807, 2.05) is 0 Å². The van der Waals surface area contributed by atoms with Crippen LogP contribution in [0.1, 0.15) is 12.8 Å². The molecule has 1 N–H and O–H groups in total. The molecule has 0 bridgehead atoms. The van der Waals surface area contributed by atoms with Crippen molar-refractivity contribution in [3.05, 3.63) is 11.6 Å². The molecule has 0 aromatic heterocycles. The van der Waals surface area contributed by atoms with Gasteiger partial charge in [0, 0.05) is 38.9 Å². The number of nitrogens with zero attached hydrogens (tertiary/aromatic N) is 2. The summed E-state index contributed by atoms with van der Waals surface area (Å²) in [6.45, 7) is -0.471. The molecule has 0 saturated heterocycles. The Kier molecular flexibility index (Phi) is 5.36. The van der Waals surface area contributed by atoms with Gasteiger partial charge in [0.25, 0.3) is 10.2 Å². The average molecular weight is 302 g/mol. The van der Waals surface area contributed by atoms with E-state index in [0.29, 0.717) is 0 Å². The summed E-state index contributed by atoms with van der Waals surface area (Å²) in [4.78, 5) is 0. The van der Waals surface area contributed by atoms with Gasteiger partial charge in [0.2, 0.25) is 0 Å². The molecule has 112 valence electrons. The van der Waals surface area contributed by atoms with Crippen LogP contribution in [0.5, 0.6) is 0 Å². The van der Waals surface area contributed by atoms with Gasteiger partial charge in [-0.1, -0.05) is 6.08 Å². The van der Waals surface area contributed by atoms with Crippen LogP contribution in [0, 0.1) is 0 Å². The number of halogens is 3. The van der Waals surface area contributed by atoms with Crippen molar-refractivity contribution in [1.29, 1.82) is 0 Å². The van der Waals surface area contributed by atoms with Crippen LogP contribution in [0.2, 0.25) is 0 Å². The van der Waals surface area contributed by atoms with E-state index in [0.717, 1.165) is 14.7 Å². The molecule has 0 unspecified atom stereocenters. The molecule has 0 radical (unpaired) electrons. The lowest BCUT2D eigenvalue weighted by Gasteiger charge is -2.30. The summed E-state index contributed by atoms with van der Waals surface area (Å²) in [6.07, 6.45) is -3.54. The number of hydrogen-bond donors (Lipinski definition) is 1. The fourth-order valence-corrected chi connectivity index (χ4v) is 3.06. The van der Waals surface area contributed by atoms with Gasteiger partial charge in [0.15, 0.2) is 0 Å². The van der Waals surface area contributed by atoms with Crippen LogP contribution in [-0.2, 0) is 10.2 Å². The van der Waals surface area contributed by atoms with Crippen LogP contribution in [0.25, 0.3) is 0 Å². The molecule has 0 saturated carbocycles. The highest BCUT2D eigenvalue weighted by molar-refractivity contribution is 7.86. The van der Waals surface area contributed by atoms with Crippen LogP contribution >= 0.6 is 0 Å². The Bertz CT molecular complexity index is 434. The first kappa shape index (κ1) is 16.4. The molecule has 5 nitrogen and oxygen atoms in total. The fourth-order valence-electron chi connectivity index (χ4n) is 1.72. The SMILES string of the molecule is CN(CCCO)S(=O)(=O)N1CC=C(C(F)(F)F)CC1. The topological polar surface area (TPSA) is 60.9 Å². The van der Waals surface area contributed by atoms with Gasteiger partial charge in [0.1, 0.15) is 0 Å². The third-order valence-corrected chi connectivity index (χ3v) is 4.84. The van der Waals surface area contributed by atoms with Crippen molar-refractivity contribution in [1.82, 2.24) is 8.61 Å². The van der Waals surface area contributed by atoms with E-state index in [1.54, 1.807) is 0 Å². The maximum absolute atomic E-state index is 12.4. The van der Waals surface area contributed by atoms with E-state index < -0.39 is 22.0 Å². The second-order valence-corrected chi connectivity index (χ2v) is 6.28. The molecule has 1 heterocycles. The number of alkyl halides is 3. The van der Waals surface area contributed by atoms with E-state index in [2.05, 4.69) is 0 Å². The van der Waals surface area contributed by atoms with Crippen molar-refractivity contribution in [2.75, 3.05) is 33.3 Å². The monoisotopic (exact) mass is 302 g/mol. The van der Waals surface area contributed by atoms with Gasteiger partial charge in [-0.05, 0) is 12.8 Å². The summed E-state index contributed by atoms with van der Waals surface area (Å²) in [5, 5.41) is 8.65. The van der Waals surface area contributed by atoms with Gasteiger partial charge in [-0.2, -0.15) is 30.2 Å². The molecule has 1 rings (SSSR count). The van der Waals surface area contributed by atoms with Crippen LogP contribution in [-0.4, -0.2) is 61.6 Å². The molecule has 0 aliphatic carbocycles. The molecule has 1 aliphatic heterocycles. The van der Waals surface area contributed by atoms with Crippen molar-refractivity contribution in [3.8, 4) is 0 Å². The summed E-state index contributed by atoms with van der Waals surface area (Å²) in [5.41, 5.74) is -0.683. The third-order valence-electron chi connectivity index (χ3n) is 2.89. The first-order chi connectivity index (χ1) is 8.69. The van der Waals surface area contributed by atoms with Crippen LogP contribution in [0.3, 0.4) is 0 Å². The number of rotatable bonds is 5. The van der Waals surface area contributed by atoms with E-state index >= 15 is 0 Å². The molecule has 0 amide bonds. The van der Waals surface area contributed by atoms with E-state index in [1.165, 1.54) is 7.05 Å². The Morgan fingerprint density at radius 2 is 2.11 bits per heavy atom. The van der Waals surface area contributed by atoms with Gasteiger partial charge in [-0.15, -0.1) is 0 Å². The van der Waals surface area contributed by atoms with Gasteiger partial charge in [0.05, 0.1) is 0 Å². The number of aliphatic hydroxyl groups excluding tert-OH is 1. The summed E-state index contributed by atoms with van der Waals surface area (Å²) < 4.78 is 63.3. The Morgan fingerprint density at radius 1 is 1.47 bits per heavy atom. The first-order valence-electron chi connectivity index (χ1n) is 5.78.